The molecule has 1 heterocycles. The van der Waals surface area contributed by atoms with Crippen LogP contribution < -0.4 is 5.43 Å². The molecule has 1 saturated heterocycles. The van der Waals surface area contributed by atoms with Crippen LogP contribution in [-0.4, -0.2) is 30.6 Å². The number of alkyl halides is 2. The van der Waals surface area contributed by atoms with Crippen molar-refractivity contribution in [3.05, 3.63) is 0 Å². The van der Waals surface area contributed by atoms with E-state index in [4.69, 9.17) is 0 Å². The molecule has 72 valence electrons. The SMILES string of the molecule is CC(C)C1CCN(CC(F)F)N1. The average Bonchev–Trinajstić information content (AvgIpc) is 2.34. The number of nitrogens with zero attached hydrogens (tertiary/aromatic N) is 1. The fraction of sp³-hybridized carbons (Fsp3) is 1.00. The summed E-state index contributed by atoms with van der Waals surface area (Å²) in [5, 5.41) is 1.62. The lowest BCUT2D eigenvalue weighted by atomic mass is 10.0. The first-order valence-corrected chi connectivity index (χ1v) is 4.39. The van der Waals surface area contributed by atoms with E-state index in [9.17, 15) is 8.78 Å². The molecule has 0 amide bonds. The molecule has 0 aliphatic carbocycles. The third-order valence-corrected chi connectivity index (χ3v) is 2.22. The van der Waals surface area contributed by atoms with Crippen molar-refractivity contribution in [2.45, 2.75) is 32.7 Å². The van der Waals surface area contributed by atoms with Crippen molar-refractivity contribution < 1.29 is 8.78 Å². The van der Waals surface area contributed by atoms with Gasteiger partial charge in [-0.25, -0.2) is 13.8 Å². The monoisotopic (exact) mass is 178 g/mol. The summed E-state index contributed by atoms with van der Waals surface area (Å²) < 4.78 is 23.9. The van der Waals surface area contributed by atoms with Gasteiger partial charge in [-0.05, 0) is 12.3 Å². The van der Waals surface area contributed by atoms with Crippen LogP contribution in [0.4, 0.5) is 8.78 Å². The Morgan fingerprint density at radius 1 is 1.50 bits per heavy atom. The fourth-order valence-corrected chi connectivity index (χ4v) is 1.45. The largest absolute Gasteiger partial charge is 0.252 e. The van der Waals surface area contributed by atoms with Crippen molar-refractivity contribution in [1.82, 2.24) is 10.4 Å². The first kappa shape index (κ1) is 9.86. The highest BCUT2D eigenvalue weighted by atomic mass is 19.3. The predicted molar refractivity (Wildman–Crippen MR) is 44.0 cm³/mol. The van der Waals surface area contributed by atoms with E-state index in [1.807, 2.05) is 0 Å². The first-order valence-electron chi connectivity index (χ1n) is 4.39. The van der Waals surface area contributed by atoms with E-state index in [1.54, 1.807) is 5.01 Å². The lowest BCUT2D eigenvalue weighted by Gasteiger charge is -2.19. The minimum absolute atomic E-state index is 0.150. The zero-order valence-electron chi connectivity index (χ0n) is 7.56. The summed E-state index contributed by atoms with van der Waals surface area (Å²) >= 11 is 0. The zero-order valence-corrected chi connectivity index (χ0v) is 7.56. The van der Waals surface area contributed by atoms with Crippen LogP contribution in [0.25, 0.3) is 0 Å². The van der Waals surface area contributed by atoms with Crippen LogP contribution in [0.5, 0.6) is 0 Å². The second-order valence-electron chi connectivity index (χ2n) is 3.61. The van der Waals surface area contributed by atoms with Gasteiger partial charge < -0.3 is 0 Å². The minimum atomic E-state index is -2.23. The molecular weight excluding hydrogens is 162 g/mol. The van der Waals surface area contributed by atoms with Gasteiger partial charge in [-0.3, -0.25) is 5.43 Å². The van der Waals surface area contributed by atoms with Crippen molar-refractivity contribution >= 4 is 0 Å². The van der Waals surface area contributed by atoms with Crippen LogP contribution in [0.3, 0.4) is 0 Å². The zero-order chi connectivity index (χ0) is 9.14. The van der Waals surface area contributed by atoms with E-state index >= 15 is 0 Å². The lowest BCUT2D eigenvalue weighted by Crippen LogP contribution is -2.40. The summed E-state index contributed by atoms with van der Waals surface area (Å²) in [5.74, 6) is 0.521. The molecule has 1 N–H and O–H groups in total. The number of hydrogen-bond acceptors (Lipinski definition) is 2. The van der Waals surface area contributed by atoms with Crippen LogP contribution in [0.15, 0.2) is 0 Å². The maximum atomic E-state index is 11.9. The van der Waals surface area contributed by atoms with Gasteiger partial charge in [0.15, 0.2) is 0 Å². The molecule has 1 unspecified atom stereocenters. The smallest absolute Gasteiger partial charge is 0.252 e. The second kappa shape index (κ2) is 4.14. The Balaban J connectivity index is 2.26. The molecule has 1 aliphatic heterocycles. The predicted octanol–water partition coefficient (Wildman–Crippen LogP) is 1.49. The van der Waals surface area contributed by atoms with Gasteiger partial charge in [-0.2, -0.15) is 0 Å². The van der Waals surface area contributed by atoms with Crippen LogP contribution in [0.2, 0.25) is 0 Å². The van der Waals surface area contributed by atoms with Crippen molar-refractivity contribution in [2.24, 2.45) is 5.92 Å². The van der Waals surface area contributed by atoms with Gasteiger partial charge in [-0.15, -0.1) is 0 Å². The highest BCUT2D eigenvalue weighted by Gasteiger charge is 2.25. The molecule has 1 atom stereocenters. The minimum Gasteiger partial charge on any atom is -0.252 e. The summed E-state index contributed by atoms with van der Waals surface area (Å²) in [6, 6.07) is 0.378. The van der Waals surface area contributed by atoms with E-state index in [2.05, 4.69) is 19.3 Å². The Hall–Kier alpha value is -0.220. The maximum Gasteiger partial charge on any atom is 0.252 e. The molecular formula is C8H16F2N2. The van der Waals surface area contributed by atoms with Gasteiger partial charge >= 0.3 is 0 Å². The van der Waals surface area contributed by atoms with E-state index < -0.39 is 6.43 Å². The second-order valence-corrected chi connectivity index (χ2v) is 3.61. The highest BCUT2D eigenvalue weighted by molar-refractivity contribution is 4.77. The van der Waals surface area contributed by atoms with E-state index in [0.29, 0.717) is 12.0 Å². The summed E-state index contributed by atoms with van der Waals surface area (Å²) in [4.78, 5) is 0. The molecule has 12 heavy (non-hydrogen) atoms. The van der Waals surface area contributed by atoms with Crippen molar-refractivity contribution in [2.75, 3.05) is 13.1 Å². The summed E-state index contributed by atoms with van der Waals surface area (Å²) in [6.45, 7) is 4.80. The molecule has 0 bridgehead atoms. The molecule has 1 rings (SSSR count). The standard InChI is InChI=1S/C8H16F2N2/c1-6(2)7-3-4-12(11-7)5-8(9)10/h6-8,11H,3-5H2,1-2H3. The van der Waals surface area contributed by atoms with Crippen molar-refractivity contribution in [3.63, 3.8) is 0 Å². The Kier molecular flexibility index (Phi) is 3.40. The van der Waals surface area contributed by atoms with Gasteiger partial charge in [0, 0.05) is 12.6 Å². The van der Waals surface area contributed by atoms with E-state index in [0.717, 1.165) is 13.0 Å². The van der Waals surface area contributed by atoms with Gasteiger partial charge in [0.25, 0.3) is 6.43 Å². The summed E-state index contributed by atoms with van der Waals surface area (Å²) in [5.41, 5.74) is 3.08. The molecule has 0 aromatic carbocycles. The van der Waals surface area contributed by atoms with Gasteiger partial charge in [-0.1, -0.05) is 13.8 Å². The Morgan fingerprint density at radius 2 is 2.17 bits per heavy atom. The number of rotatable bonds is 3. The van der Waals surface area contributed by atoms with Crippen LogP contribution >= 0.6 is 0 Å². The van der Waals surface area contributed by atoms with E-state index in [1.165, 1.54) is 0 Å². The third kappa shape index (κ3) is 2.68. The molecule has 4 heteroatoms. The van der Waals surface area contributed by atoms with Crippen molar-refractivity contribution in [1.29, 1.82) is 0 Å². The van der Waals surface area contributed by atoms with Gasteiger partial charge in [0.2, 0.25) is 0 Å². The Morgan fingerprint density at radius 3 is 2.58 bits per heavy atom. The fourth-order valence-electron chi connectivity index (χ4n) is 1.45. The molecule has 0 radical (unpaired) electrons. The van der Waals surface area contributed by atoms with Gasteiger partial charge in [0.1, 0.15) is 0 Å². The third-order valence-electron chi connectivity index (χ3n) is 2.22. The number of halogens is 2. The quantitative estimate of drug-likeness (QED) is 0.704. The Labute approximate surface area is 71.9 Å². The summed E-state index contributed by atoms with van der Waals surface area (Å²) in [7, 11) is 0. The molecule has 1 fully saturated rings. The molecule has 0 spiro atoms. The molecule has 0 aromatic rings. The van der Waals surface area contributed by atoms with Crippen LogP contribution in [0.1, 0.15) is 20.3 Å². The first-order chi connectivity index (χ1) is 5.59. The average molecular weight is 178 g/mol. The highest BCUT2D eigenvalue weighted by Crippen LogP contribution is 2.14. The topological polar surface area (TPSA) is 15.3 Å². The van der Waals surface area contributed by atoms with Gasteiger partial charge in [0.05, 0.1) is 6.54 Å². The summed E-state index contributed by atoms with van der Waals surface area (Å²) in [6.07, 6.45) is -1.26. The van der Waals surface area contributed by atoms with E-state index in [-0.39, 0.29) is 6.54 Å². The van der Waals surface area contributed by atoms with Crippen LogP contribution in [-0.2, 0) is 0 Å². The molecule has 0 saturated carbocycles. The Bertz CT molecular complexity index is 139. The molecule has 0 aromatic heterocycles. The van der Waals surface area contributed by atoms with Crippen molar-refractivity contribution in [3.8, 4) is 0 Å². The normalized spacial score (nSPS) is 26.0. The maximum absolute atomic E-state index is 11.9. The number of hydrazine groups is 1. The number of nitrogens with one attached hydrogen (secondary N) is 1. The molecule has 2 nitrogen and oxygen atoms in total. The molecule has 1 aliphatic rings. The number of hydrogen-bond donors (Lipinski definition) is 1. The van der Waals surface area contributed by atoms with Crippen LogP contribution in [0, 0.1) is 5.92 Å². The lowest BCUT2D eigenvalue weighted by molar-refractivity contribution is 0.0738.